The number of carbonyl (C=O) groups excluding carboxylic acids is 2. The lowest BCUT2D eigenvalue weighted by Gasteiger charge is -2.29. The van der Waals surface area contributed by atoms with Gasteiger partial charge < -0.3 is 24.6 Å². The van der Waals surface area contributed by atoms with E-state index >= 15 is 0 Å². The van der Waals surface area contributed by atoms with Crippen molar-refractivity contribution in [2.45, 2.75) is 90.5 Å². The van der Waals surface area contributed by atoms with E-state index in [2.05, 4.69) is 10.6 Å². The van der Waals surface area contributed by atoms with Gasteiger partial charge in [0.1, 0.15) is 0 Å². The number of hydrogen-bond donors (Lipinski definition) is 2. The number of methoxy groups -OCH3 is 1. The quantitative estimate of drug-likeness (QED) is 0.160. The third-order valence-electron chi connectivity index (χ3n) is 5.15. The highest BCUT2D eigenvalue weighted by atomic mass is 16.5. The number of amides is 2. The molecule has 0 saturated heterocycles. The van der Waals surface area contributed by atoms with Gasteiger partial charge in [-0.3, -0.25) is 4.79 Å². The van der Waals surface area contributed by atoms with Crippen molar-refractivity contribution >= 4 is 12.0 Å². The summed E-state index contributed by atoms with van der Waals surface area (Å²) in [5, 5.41) is 5.90. The number of ether oxygens (including phenoxy) is 2. The zero-order valence-electron chi connectivity index (χ0n) is 21.8. The Hall–Kier alpha value is -1.34. The van der Waals surface area contributed by atoms with Gasteiger partial charge in [-0.05, 0) is 18.8 Å². The van der Waals surface area contributed by atoms with Gasteiger partial charge in [-0.25, -0.2) is 4.79 Å². The minimum atomic E-state index is -0.257. The lowest BCUT2D eigenvalue weighted by atomic mass is 10.1. The van der Waals surface area contributed by atoms with Gasteiger partial charge in [0.25, 0.3) is 0 Å². The molecule has 2 N–H and O–H groups in total. The molecular weight excluding hydrogens is 406 g/mol. The zero-order valence-corrected chi connectivity index (χ0v) is 21.8. The smallest absolute Gasteiger partial charge is 0.315 e. The highest BCUT2D eigenvalue weighted by Gasteiger charge is 2.23. The van der Waals surface area contributed by atoms with Crippen molar-refractivity contribution in [3.63, 3.8) is 0 Å². The Labute approximate surface area is 197 Å². The van der Waals surface area contributed by atoms with Crippen molar-refractivity contribution in [2.24, 2.45) is 5.92 Å². The zero-order chi connectivity index (χ0) is 24.2. The predicted molar refractivity (Wildman–Crippen MR) is 132 cm³/mol. The maximum atomic E-state index is 12.3. The number of urea groups is 1. The Bertz CT molecular complexity index is 478. The molecule has 0 heterocycles. The molecule has 0 saturated carbocycles. The number of esters is 1. The molecule has 1 atom stereocenters. The molecule has 0 aliphatic heterocycles. The largest absolute Gasteiger partial charge is 0.465 e. The first-order valence-corrected chi connectivity index (χ1v) is 12.6. The number of rotatable bonds is 20. The Morgan fingerprint density at radius 1 is 0.844 bits per heavy atom. The molecule has 0 aliphatic carbocycles. The maximum Gasteiger partial charge on any atom is 0.315 e. The van der Waals surface area contributed by atoms with E-state index in [1.807, 2.05) is 35.0 Å². The molecule has 0 aromatic rings. The maximum absolute atomic E-state index is 12.3. The van der Waals surface area contributed by atoms with E-state index in [0.29, 0.717) is 30.1 Å². The van der Waals surface area contributed by atoms with Crippen LogP contribution in [0, 0.1) is 5.92 Å². The number of nitrogens with zero attached hydrogens (tertiary/aromatic N) is 1. The van der Waals surface area contributed by atoms with Crippen molar-refractivity contribution in [2.75, 3.05) is 54.6 Å². The summed E-state index contributed by atoms with van der Waals surface area (Å²) in [4.78, 5) is 24.4. The molecule has 0 aliphatic rings. The number of hydrogen-bond acceptors (Lipinski definition) is 4. The van der Waals surface area contributed by atoms with E-state index in [-0.39, 0.29) is 24.5 Å². The molecule has 0 rings (SSSR count). The SMILES string of the molecule is COCCCCCCCCCCCCNC(=O)N[C@H](CC(=O)OCC(C)C)C[N+](C)(C)C. The minimum absolute atomic E-state index is 0.196. The Morgan fingerprint density at radius 2 is 1.38 bits per heavy atom. The minimum Gasteiger partial charge on any atom is -0.465 e. The average molecular weight is 459 g/mol. The fraction of sp³-hybridized carbons (Fsp3) is 0.920. The van der Waals surface area contributed by atoms with Crippen LogP contribution in [-0.4, -0.2) is 77.1 Å². The van der Waals surface area contributed by atoms with Crippen molar-refractivity contribution in [1.82, 2.24) is 10.6 Å². The van der Waals surface area contributed by atoms with E-state index in [9.17, 15) is 9.59 Å². The monoisotopic (exact) mass is 458 g/mol. The van der Waals surface area contributed by atoms with Gasteiger partial charge in [0.05, 0.1) is 46.8 Å². The Kier molecular flexibility index (Phi) is 18.4. The highest BCUT2D eigenvalue weighted by Crippen LogP contribution is 2.10. The second kappa shape index (κ2) is 19.2. The first-order chi connectivity index (χ1) is 15.1. The summed E-state index contributed by atoms with van der Waals surface area (Å²) in [6.45, 7) is 6.64. The van der Waals surface area contributed by atoms with Crippen LogP contribution in [0.25, 0.3) is 0 Å². The molecule has 2 amide bonds. The van der Waals surface area contributed by atoms with Gasteiger partial charge in [0.2, 0.25) is 0 Å². The van der Waals surface area contributed by atoms with Crippen molar-refractivity contribution in [3.8, 4) is 0 Å². The fourth-order valence-electron chi connectivity index (χ4n) is 3.57. The fourth-order valence-corrected chi connectivity index (χ4v) is 3.57. The average Bonchev–Trinajstić information content (AvgIpc) is 2.68. The molecule has 7 heteroatoms. The molecule has 0 fully saturated rings. The molecule has 0 aromatic carbocycles. The summed E-state index contributed by atoms with van der Waals surface area (Å²) >= 11 is 0. The van der Waals surface area contributed by atoms with Gasteiger partial charge in [-0.1, -0.05) is 65.2 Å². The normalized spacial score (nSPS) is 12.6. The standard InChI is InChI=1S/C25H51N3O4/c1-22(2)21-32-24(29)19-23(20-28(3,4)5)27-25(30)26-17-15-13-11-9-7-8-10-12-14-16-18-31-6/h22-23H,7-21H2,1-6H3,(H-,26,27,30)/p+1/t23-/m1/s1. The van der Waals surface area contributed by atoms with E-state index in [4.69, 9.17) is 9.47 Å². The molecule has 0 aromatic heterocycles. The van der Waals surface area contributed by atoms with Crippen molar-refractivity contribution in [3.05, 3.63) is 0 Å². The van der Waals surface area contributed by atoms with Crippen LogP contribution in [0.1, 0.15) is 84.5 Å². The second-order valence-corrected chi connectivity index (χ2v) is 10.4. The van der Waals surface area contributed by atoms with E-state index in [1.165, 1.54) is 51.4 Å². The first kappa shape index (κ1) is 30.7. The number of likely N-dealkylation sites (N-methyl/N-ethyl adjacent to an activating group) is 1. The summed E-state index contributed by atoms with van der Waals surface area (Å²) < 4.78 is 11.0. The van der Waals surface area contributed by atoms with Gasteiger partial charge in [0.15, 0.2) is 0 Å². The van der Waals surface area contributed by atoms with Crippen LogP contribution in [0.3, 0.4) is 0 Å². The first-order valence-electron chi connectivity index (χ1n) is 12.6. The lowest BCUT2D eigenvalue weighted by Crippen LogP contribution is -2.52. The number of nitrogens with one attached hydrogen (secondary N) is 2. The van der Waals surface area contributed by atoms with Crippen LogP contribution >= 0.6 is 0 Å². The van der Waals surface area contributed by atoms with Crippen LogP contribution in [0.5, 0.6) is 0 Å². The molecular formula is C25H52N3O4+. The molecule has 190 valence electrons. The number of carbonyl (C=O) groups is 2. The summed E-state index contributed by atoms with van der Waals surface area (Å²) in [7, 11) is 7.91. The molecule has 32 heavy (non-hydrogen) atoms. The van der Waals surface area contributed by atoms with Gasteiger partial charge in [-0.2, -0.15) is 0 Å². The molecule has 0 unspecified atom stereocenters. The topological polar surface area (TPSA) is 76.7 Å². The molecule has 0 bridgehead atoms. The molecule has 0 spiro atoms. The van der Waals surface area contributed by atoms with Crippen molar-refractivity contribution in [1.29, 1.82) is 0 Å². The third-order valence-corrected chi connectivity index (χ3v) is 5.15. The lowest BCUT2D eigenvalue weighted by molar-refractivity contribution is -0.871. The van der Waals surface area contributed by atoms with Crippen LogP contribution in [-0.2, 0) is 14.3 Å². The Balaban J connectivity index is 3.90. The molecule has 7 nitrogen and oxygen atoms in total. The van der Waals surface area contributed by atoms with Gasteiger partial charge >= 0.3 is 12.0 Å². The van der Waals surface area contributed by atoms with E-state index in [0.717, 1.165) is 19.4 Å². The van der Waals surface area contributed by atoms with E-state index in [1.54, 1.807) is 7.11 Å². The summed E-state index contributed by atoms with van der Waals surface area (Å²) in [5.41, 5.74) is 0. The van der Waals surface area contributed by atoms with Crippen LogP contribution in [0.2, 0.25) is 0 Å². The van der Waals surface area contributed by atoms with Gasteiger partial charge in [0, 0.05) is 20.3 Å². The Morgan fingerprint density at radius 3 is 1.88 bits per heavy atom. The van der Waals surface area contributed by atoms with E-state index < -0.39 is 0 Å². The number of unbranched alkanes of at least 4 members (excludes halogenated alkanes) is 9. The summed E-state index contributed by atoms with van der Waals surface area (Å²) in [6.07, 6.45) is 12.5. The van der Waals surface area contributed by atoms with Gasteiger partial charge in [-0.15, -0.1) is 0 Å². The van der Waals surface area contributed by atoms with Crippen LogP contribution in [0.4, 0.5) is 4.79 Å². The van der Waals surface area contributed by atoms with Crippen LogP contribution < -0.4 is 10.6 Å². The highest BCUT2D eigenvalue weighted by molar-refractivity contribution is 5.76. The van der Waals surface area contributed by atoms with Crippen molar-refractivity contribution < 1.29 is 23.5 Å². The second-order valence-electron chi connectivity index (χ2n) is 10.4. The summed E-state index contributed by atoms with van der Waals surface area (Å²) in [6, 6.07) is -0.447. The molecule has 0 radical (unpaired) electrons. The van der Waals surface area contributed by atoms with Crippen LogP contribution in [0.15, 0.2) is 0 Å². The summed E-state index contributed by atoms with van der Waals surface area (Å²) in [5.74, 6) is 0.0468. The predicted octanol–water partition coefficient (Wildman–Crippen LogP) is 4.50. The number of quaternary nitrogens is 1. The third kappa shape index (κ3) is 21.9.